The predicted molar refractivity (Wildman–Crippen MR) is 121 cm³/mol. The smallest absolute Gasteiger partial charge is 0.293 e. The third-order valence-electron chi connectivity index (χ3n) is 6.97. The quantitative estimate of drug-likeness (QED) is 0.462. The first kappa shape index (κ1) is 22.5. The van der Waals surface area contributed by atoms with E-state index in [-0.39, 0.29) is 22.7 Å². The maximum absolute atomic E-state index is 12.8. The van der Waals surface area contributed by atoms with E-state index < -0.39 is 14.9 Å². The Hall–Kier alpha value is -1.71. The highest BCUT2D eigenvalue weighted by molar-refractivity contribution is 7.89. The molecule has 4 rings (SSSR count). The van der Waals surface area contributed by atoms with Crippen LogP contribution in [0.4, 0.5) is 11.4 Å². The number of hydrogen-bond donors (Lipinski definition) is 2. The maximum Gasteiger partial charge on any atom is 0.293 e. The highest BCUT2D eigenvalue weighted by atomic mass is 32.2. The number of sulfonamides is 1. The number of benzene rings is 1. The van der Waals surface area contributed by atoms with Gasteiger partial charge in [-0.2, -0.15) is 0 Å². The van der Waals surface area contributed by atoms with Gasteiger partial charge in [-0.25, -0.2) is 13.1 Å². The predicted octanol–water partition coefficient (Wildman–Crippen LogP) is 3.74. The van der Waals surface area contributed by atoms with Gasteiger partial charge in [-0.05, 0) is 75.3 Å². The number of anilines is 1. The number of piperidine rings is 1. The van der Waals surface area contributed by atoms with Crippen molar-refractivity contribution in [2.45, 2.75) is 75.3 Å². The minimum absolute atomic E-state index is 0.0392. The average Bonchev–Trinajstić information content (AvgIpc) is 3.55. The van der Waals surface area contributed by atoms with Gasteiger partial charge in [0.25, 0.3) is 5.69 Å². The minimum Gasteiger partial charge on any atom is -0.377 e. The summed E-state index contributed by atoms with van der Waals surface area (Å²) in [6, 6.07) is 4.29. The summed E-state index contributed by atoms with van der Waals surface area (Å²) in [5.74, 6) is 1.48. The van der Waals surface area contributed by atoms with E-state index >= 15 is 0 Å². The van der Waals surface area contributed by atoms with Crippen LogP contribution in [0.25, 0.3) is 0 Å². The summed E-state index contributed by atoms with van der Waals surface area (Å²) in [4.78, 5) is 13.6. The van der Waals surface area contributed by atoms with Crippen molar-refractivity contribution >= 4 is 21.4 Å². The average molecular weight is 451 g/mol. The molecule has 2 aliphatic carbocycles. The van der Waals surface area contributed by atoms with Gasteiger partial charge in [0.05, 0.1) is 9.82 Å². The topological polar surface area (TPSA) is 105 Å². The fourth-order valence-electron chi connectivity index (χ4n) is 4.76. The fourth-order valence-corrected chi connectivity index (χ4v) is 6.09. The van der Waals surface area contributed by atoms with Crippen LogP contribution in [0.15, 0.2) is 23.1 Å². The molecule has 3 fully saturated rings. The zero-order valence-electron chi connectivity index (χ0n) is 18.3. The second-order valence-electron chi connectivity index (χ2n) is 9.68. The highest BCUT2D eigenvalue weighted by Crippen LogP contribution is 2.32. The number of rotatable bonds is 8. The minimum atomic E-state index is -3.79. The molecule has 0 atom stereocenters. The molecular formula is C22H34N4O4S. The lowest BCUT2D eigenvalue weighted by atomic mass is 9.88. The Morgan fingerprint density at radius 2 is 1.71 bits per heavy atom. The van der Waals surface area contributed by atoms with Gasteiger partial charge < -0.3 is 10.2 Å². The Kier molecular flexibility index (Phi) is 6.83. The van der Waals surface area contributed by atoms with Crippen LogP contribution in [0, 0.1) is 22.0 Å². The van der Waals surface area contributed by atoms with Crippen molar-refractivity contribution < 1.29 is 13.3 Å². The number of nitrogens with zero attached hydrogens (tertiary/aromatic N) is 2. The number of nitro benzene ring substituents is 1. The molecular weight excluding hydrogens is 416 g/mol. The molecule has 1 saturated heterocycles. The van der Waals surface area contributed by atoms with Crippen molar-refractivity contribution in [3.63, 3.8) is 0 Å². The molecule has 1 aromatic rings. The Bertz CT molecular complexity index is 887. The molecule has 0 spiro atoms. The van der Waals surface area contributed by atoms with Crippen molar-refractivity contribution in [3.05, 3.63) is 28.3 Å². The Labute approximate surface area is 185 Å². The normalized spacial score (nSPS) is 26.0. The van der Waals surface area contributed by atoms with Crippen LogP contribution in [0.3, 0.4) is 0 Å². The molecule has 0 radical (unpaired) electrons. The van der Waals surface area contributed by atoms with Gasteiger partial charge in [-0.1, -0.05) is 6.92 Å². The summed E-state index contributed by atoms with van der Waals surface area (Å²) in [5, 5.41) is 15.0. The first-order valence-corrected chi connectivity index (χ1v) is 13.1. The van der Waals surface area contributed by atoms with E-state index in [1.807, 2.05) is 0 Å². The lowest BCUT2D eigenvalue weighted by molar-refractivity contribution is -0.384. The molecule has 0 amide bonds. The summed E-state index contributed by atoms with van der Waals surface area (Å²) in [6.07, 6.45) is 8.16. The standard InChI is InChI=1S/C22H34N4O4S/c1-16-2-6-19(7-3-16)24-31(29,30)20-8-9-21(22(14-20)26(27)28)23-18-10-12-25(13-11-18)15-17-4-5-17/h8-9,14,16-19,23-24H,2-7,10-13,15H2,1H3. The summed E-state index contributed by atoms with van der Waals surface area (Å²) in [5.41, 5.74) is 0.219. The molecule has 1 aromatic carbocycles. The van der Waals surface area contributed by atoms with Crippen molar-refractivity contribution in [3.8, 4) is 0 Å². The number of hydrogen-bond acceptors (Lipinski definition) is 6. The third kappa shape index (κ3) is 5.96. The van der Waals surface area contributed by atoms with Gasteiger partial charge in [-0.3, -0.25) is 10.1 Å². The second kappa shape index (κ2) is 9.42. The Morgan fingerprint density at radius 1 is 1.03 bits per heavy atom. The Balaban J connectivity index is 1.41. The SMILES string of the molecule is CC1CCC(NS(=O)(=O)c2ccc(NC3CCN(CC4CC4)CC3)c([N+](=O)[O-])c2)CC1. The van der Waals surface area contributed by atoms with Crippen LogP contribution in [0.5, 0.6) is 0 Å². The molecule has 0 aromatic heterocycles. The second-order valence-corrected chi connectivity index (χ2v) is 11.4. The van der Waals surface area contributed by atoms with E-state index in [0.29, 0.717) is 11.6 Å². The molecule has 3 aliphatic rings. The van der Waals surface area contributed by atoms with Crippen molar-refractivity contribution in [2.75, 3.05) is 25.0 Å². The van der Waals surface area contributed by atoms with E-state index in [9.17, 15) is 18.5 Å². The summed E-state index contributed by atoms with van der Waals surface area (Å²) in [6.45, 7) is 5.35. The maximum atomic E-state index is 12.8. The third-order valence-corrected chi connectivity index (χ3v) is 8.49. The number of nitro groups is 1. The van der Waals surface area contributed by atoms with Gasteiger partial charge >= 0.3 is 0 Å². The van der Waals surface area contributed by atoms with Crippen LogP contribution in [0.2, 0.25) is 0 Å². The fraction of sp³-hybridized carbons (Fsp3) is 0.727. The van der Waals surface area contributed by atoms with Crippen molar-refractivity contribution in [2.24, 2.45) is 11.8 Å². The zero-order chi connectivity index (χ0) is 22.0. The van der Waals surface area contributed by atoms with E-state index in [0.717, 1.165) is 57.5 Å². The van der Waals surface area contributed by atoms with E-state index in [4.69, 9.17) is 0 Å². The van der Waals surface area contributed by atoms with Gasteiger partial charge in [0.2, 0.25) is 10.0 Å². The van der Waals surface area contributed by atoms with Crippen molar-refractivity contribution in [1.82, 2.24) is 9.62 Å². The molecule has 2 saturated carbocycles. The summed E-state index contributed by atoms with van der Waals surface area (Å²) in [7, 11) is -3.79. The first-order valence-electron chi connectivity index (χ1n) is 11.6. The van der Waals surface area contributed by atoms with Crippen LogP contribution in [0.1, 0.15) is 58.3 Å². The number of likely N-dealkylation sites (tertiary alicyclic amines) is 1. The monoisotopic (exact) mass is 450 g/mol. The molecule has 8 nitrogen and oxygen atoms in total. The van der Waals surface area contributed by atoms with Crippen LogP contribution in [-0.2, 0) is 10.0 Å². The zero-order valence-corrected chi connectivity index (χ0v) is 19.1. The molecule has 9 heteroatoms. The molecule has 0 unspecified atom stereocenters. The number of nitrogens with one attached hydrogen (secondary N) is 2. The van der Waals surface area contributed by atoms with Gasteiger partial charge in [0.1, 0.15) is 5.69 Å². The van der Waals surface area contributed by atoms with E-state index in [1.54, 1.807) is 6.07 Å². The van der Waals surface area contributed by atoms with Gasteiger partial charge in [-0.15, -0.1) is 0 Å². The summed E-state index contributed by atoms with van der Waals surface area (Å²) < 4.78 is 28.4. The lowest BCUT2D eigenvalue weighted by Gasteiger charge is -2.32. The van der Waals surface area contributed by atoms with Crippen LogP contribution in [-0.4, -0.2) is 50.0 Å². The lowest BCUT2D eigenvalue weighted by Crippen LogP contribution is -2.40. The van der Waals surface area contributed by atoms with Crippen molar-refractivity contribution in [1.29, 1.82) is 0 Å². The molecule has 0 bridgehead atoms. The molecule has 2 N–H and O–H groups in total. The first-order chi connectivity index (χ1) is 14.8. The van der Waals surface area contributed by atoms with Gasteiger partial charge in [0, 0.05) is 37.8 Å². The van der Waals surface area contributed by atoms with Crippen LogP contribution >= 0.6 is 0 Å². The molecule has 1 heterocycles. The molecule has 1 aliphatic heterocycles. The highest BCUT2D eigenvalue weighted by Gasteiger charge is 2.29. The molecule has 172 valence electrons. The van der Waals surface area contributed by atoms with E-state index in [1.165, 1.54) is 31.5 Å². The van der Waals surface area contributed by atoms with Crippen LogP contribution < -0.4 is 10.0 Å². The van der Waals surface area contributed by atoms with Gasteiger partial charge in [0.15, 0.2) is 0 Å². The van der Waals surface area contributed by atoms with E-state index in [2.05, 4.69) is 21.9 Å². The molecule has 31 heavy (non-hydrogen) atoms. The largest absolute Gasteiger partial charge is 0.377 e. The summed E-state index contributed by atoms with van der Waals surface area (Å²) >= 11 is 0. The Morgan fingerprint density at radius 3 is 2.32 bits per heavy atom.